The molecule has 0 fully saturated rings. The molecule has 0 radical (unpaired) electrons. The fraction of sp³-hybridized carbons (Fsp3) is 0.538. The highest BCUT2D eigenvalue weighted by molar-refractivity contribution is 9.10. The molecule has 7 heteroatoms. The summed E-state index contributed by atoms with van der Waals surface area (Å²) < 4.78 is 27.3. The molecule has 0 aliphatic carbocycles. The quantitative estimate of drug-likeness (QED) is 0.674. The Labute approximate surface area is 128 Å². The van der Waals surface area contributed by atoms with Gasteiger partial charge in [0.25, 0.3) is 0 Å². The molecule has 20 heavy (non-hydrogen) atoms. The lowest BCUT2D eigenvalue weighted by Gasteiger charge is -2.25. The number of nitrogens with one attached hydrogen (secondary N) is 1. The van der Waals surface area contributed by atoms with Gasteiger partial charge in [-0.05, 0) is 53.4 Å². The van der Waals surface area contributed by atoms with Crippen molar-refractivity contribution in [2.75, 3.05) is 12.3 Å². The Morgan fingerprint density at radius 1 is 1.45 bits per heavy atom. The van der Waals surface area contributed by atoms with Crippen molar-refractivity contribution >= 4 is 31.6 Å². The summed E-state index contributed by atoms with van der Waals surface area (Å²) in [6, 6.07) is 4.57. The van der Waals surface area contributed by atoms with Crippen LogP contribution < -0.4 is 10.5 Å². The van der Waals surface area contributed by atoms with E-state index in [4.69, 9.17) is 5.73 Å². The van der Waals surface area contributed by atoms with Gasteiger partial charge in [-0.15, -0.1) is 0 Å². The van der Waals surface area contributed by atoms with Crippen molar-refractivity contribution in [1.29, 1.82) is 0 Å². The number of rotatable bonds is 6. The number of sulfonamides is 1. The van der Waals surface area contributed by atoms with Crippen LogP contribution in [0.25, 0.3) is 0 Å². The summed E-state index contributed by atoms with van der Waals surface area (Å²) >= 11 is 3.19. The van der Waals surface area contributed by atoms with E-state index in [1.807, 2.05) is 13.8 Å². The highest BCUT2D eigenvalue weighted by Gasteiger charge is 2.26. The Bertz CT molecular complexity index is 571. The third kappa shape index (κ3) is 5.05. The number of hydrogen-bond acceptors (Lipinski definition) is 4. The largest absolute Gasteiger partial charge is 0.399 e. The van der Waals surface area contributed by atoms with Gasteiger partial charge in [-0.3, -0.25) is 0 Å². The van der Waals surface area contributed by atoms with Crippen LogP contribution in [0.4, 0.5) is 5.69 Å². The number of hydrogen-bond donors (Lipinski definition) is 3. The first-order valence-electron chi connectivity index (χ1n) is 6.30. The molecule has 0 saturated carbocycles. The molecule has 1 aromatic carbocycles. The summed E-state index contributed by atoms with van der Waals surface area (Å²) in [5.74, 6) is 0.272. The Kier molecular flexibility index (Phi) is 5.60. The summed E-state index contributed by atoms with van der Waals surface area (Å²) in [5, 5.41) is 10.2. The highest BCUT2D eigenvalue weighted by atomic mass is 79.9. The maximum absolute atomic E-state index is 12.2. The minimum atomic E-state index is -3.72. The zero-order valence-electron chi connectivity index (χ0n) is 11.9. The highest BCUT2D eigenvalue weighted by Crippen LogP contribution is 2.24. The average Bonchev–Trinajstić information content (AvgIpc) is 2.28. The Hall–Kier alpha value is -0.630. The van der Waals surface area contributed by atoms with Crippen LogP contribution >= 0.6 is 15.9 Å². The van der Waals surface area contributed by atoms with Gasteiger partial charge in [0.1, 0.15) is 0 Å². The molecular formula is C13H21BrN2O3S. The molecule has 1 aromatic rings. The zero-order valence-corrected chi connectivity index (χ0v) is 14.3. The predicted molar refractivity (Wildman–Crippen MR) is 83.8 cm³/mol. The van der Waals surface area contributed by atoms with Gasteiger partial charge in [-0.2, -0.15) is 0 Å². The second-order valence-corrected chi connectivity index (χ2v) is 8.20. The van der Waals surface area contributed by atoms with Crippen LogP contribution in [0.15, 0.2) is 27.6 Å². The van der Waals surface area contributed by atoms with Crippen LogP contribution in [0, 0.1) is 5.92 Å². The summed E-state index contributed by atoms with van der Waals surface area (Å²) in [6.07, 6.45) is 0.508. The monoisotopic (exact) mass is 364 g/mol. The average molecular weight is 365 g/mol. The minimum Gasteiger partial charge on any atom is -0.399 e. The lowest BCUT2D eigenvalue weighted by molar-refractivity contribution is 0.0437. The van der Waals surface area contributed by atoms with Crippen molar-refractivity contribution in [2.45, 2.75) is 37.7 Å². The summed E-state index contributed by atoms with van der Waals surface area (Å²) in [6.45, 7) is 5.51. The maximum atomic E-state index is 12.2. The van der Waals surface area contributed by atoms with Crippen LogP contribution in [-0.4, -0.2) is 25.7 Å². The summed E-state index contributed by atoms with van der Waals surface area (Å²) in [4.78, 5) is 0.0675. The SMILES string of the molecule is CC(C)CC(C)(O)CNS(=O)(=O)c1cc(N)ccc1Br. The molecule has 1 rings (SSSR count). The molecule has 4 N–H and O–H groups in total. The van der Waals surface area contributed by atoms with Crippen LogP contribution in [-0.2, 0) is 10.0 Å². The standard InChI is InChI=1S/C13H21BrN2O3S/c1-9(2)7-13(3,17)8-16-20(18,19)12-6-10(15)4-5-11(12)14/h4-6,9,16-17H,7-8,15H2,1-3H3. The number of nitrogen functional groups attached to an aromatic ring is 1. The first kappa shape index (κ1) is 17.4. The van der Waals surface area contributed by atoms with Gasteiger partial charge >= 0.3 is 0 Å². The third-order valence-corrected chi connectivity index (χ3v) is 5.13. The Morgan fingerprint density at radius 2 is 2.05 bits per heavy atom. The molecule has 1 unspecified atom stereocenters. The van der Waals surface area contributed by atoms with E-state index in [0.29, 0.717) is 16.6 Å². The zero-order chi connectivity index (χ0) is 15.6. The van der Waals surface area contributed by atoms with Crippen molar-refractivity contribution in [1.82, 2.24) is 4.72 Å². The Balaban J connectivity index is 2.88. The van der Waals surface area contributed by atoms with E-state index in [9.17, 15) is 13.5 Å². The molecule has 0 aliphatic heterocycles. The van der Waals surface area contributed by atoms with Crippen molar-refractivity contribution in [3.63, 3.8) is 0 Å². The third-order valence-electron chi connectivity index (χ3n) is 2.74. The minimum absolute atomic E-state index is 0.0469. The number of aliphatic hydroxyl groups is 1. The second kappa shape index (κ2) is 6.43. The summed E-state index contributed by atoms with van der Waals surface area (Å²) in [7, 11) is -3.72. The molecule has 5 nitrogen and oxygen atoms in total. The molecule has 0 bridgehead atoms. The predicted octanol–water partition coefficient (Wildman–Crippen LogP) is 2.11. The molecule has 114 valence electrons. The second-order valence-electron chi connectivity index (χ2n) is 5.61. The van der Waals surface area contributed by atoms with E-state index < -0.39 is 15.6 Å². The van der Waals surface area contributed by atoms with Crippen molar-refractivity contribution in [3.05, 3.63) is 22.7 Å². The number of nitrogens with two attached hydrogens (primary N) is 1. The van der Waals surface area contributed by atoms with E-state index in [1.165, 1.54) is 6.07 Å². The smallest absolute Gasteiger partial charge is 0.241 e. The summed E-state index contributed by atoms with van der Waals surface area (Å²) in [5.41, 5.74) is 4.88. The first-order valence-corrected chi connectivity index (χ1v) is 8.58. The van der Waals surface area contributed by atoms with Gasteiger partial charge < -0.3 is 10.8 Å². The molecule has 0 saturated heterocycles. The van der Waals surface area contributed by atoms with Crippen molar-refractivity contribution in [2.24, 2.45) is 5.92 Å². The van der Waals surface area contributed by atoms with Crippen LogP contribution in [0.3, 0.4) is 0 Å². The van der Waals surface area contributed by atoms with Gasteiger partial charge in [0.05, 0.1) is 10.5 Å². The number of halogens is 1. The normalized spacial score (nSPS) is 15.3. The lowest BCUT2D eigenvalue weighted by Crippen LogP contribution is -2.41. The molecule has 0 heterocycles. The molecule has 0 aliphatic rings. The number of benzene rings is 1. The van der Waals surface area contributed by atoms with Gasteiger partial charge in [0, 0.05) is 16.7 Å². The molecule has 0 amide bonds. The van der Waals surface area contributed by atoms with E-state index in [-0.39, 0.29) is 17.4 Å². The van der Waals surface area contributed by atoms with Gasteiger partial charge in [-0.1, -0.05) is 13.8 Å². The number of anilines is 1. The lowest BCUT2D eigenvalue weighted by atomic mass is 9.95. The fourth-order valence-electron chi connectivity index (χ4n) is 2.01. The molecule has 0 spiro atoms. The van der Waals surface area contributed by atoms with E-state index in [0.717, 1.165) is 0 Å². The molecular weight excluding hydrogens is 344 g/mol. The fourth-order valence-corrected chi connectivity index (χ4v) is 4.16. The van der Waals surface area contributed by atoms with Crippen LogP contribution in [0.1, 0.15) is 27.2 Å². The van der Waals surface area contributed by atoms with E-state index in [1.54, 1.807) is 19.1 Å². The van der Waals surface area contributed by atoms with Gasteiger partial charge in [0.2, 0.25) is 10.0 Å². The van der Waals surface area contributed by atoms with E-state index >= 15 is 0 Å². The van der Waals surface area contributed by atoms with Crippen molar-refractivity contribution < 1.29 is 13.5 Å². The topological polar surface area (TPSA) is 92.4 Å². The van der Waals surface area contributed by atoms with Crippen LogP contribution in [0.2, 0.25) is 0 Å². The van der Waals surface area contributed by atoms with E-state index in [2.05, 4.69) is 20.7 Å². The Morgan fingerprint density at radius 3 is 2.60 bits per heavy atom. The maximum Gasteiger partial charge on any atom is 0.241 e. The first-order chi connectivity index (χ1) is 9.03. The van der Waals surface area contributed by atoms with Gasteiger partial charge in [0.15, 0.2) is 0 Å². The molecule has 0 aromatic heterocycles. The van der Waals surface area contributed by atoms with Gasteiger partial charge in [-0.25, -0.2) is 13.1 Å². The van der Waals surface area contributed by atoms with Crippen molar-refractivity contribution in [3.8, 4) is 0 Å². The van der Waals surface area contributed by atoms with Crippen LogP contribution in [0.5, 0.6) is 0 Å². The molecule has 1 atom stereocenters.